The topological polar surface area (TPSA) is 40.5 Å². The van der Waals surface area contributed by atoms with Crippen LogP contribution in [0.15, 0.2) is 54.6 Å². The van der Waals surface area contributed by atoms with Gasteiger partial charge in [0.2, 0.25) is 0 Å². The Morgan fingerprint density at radius 1 is 0.905 bits per heavy atom. The molecule has 0 heterocycles. The average Bonchev–Trinajstić information content (AvgIpc) is 2.53. The minimum Gasteiger partial charge on any atom is -0.395 e. The number of aryl methyl sites for hydroxylation is 2. The normalized spacial score (nSPS) is 11.6. The van der Waals surface area contributed by atoms with Crippen LogP contribution in [0.25, 0.3) is 0 Å². The molecule has 0 amide bonds. The maximum atomic E-state index is 9.86. The summed E-state index contributed by atoms with van der Waals surface area (Å²) in [6.07, 6.45) is 2.69. The van der Waals surface area contributed by atoms with Gasteiger partial charge in [-0.05, 0) is 37.3 Å². The summed E-state index contributed by atoms with van der Waals surface area (Å²) in [6.45, 7) is 1.98. The number of hydrogen-bond acceptors (Lipinski definition) is 2. The second-order valence-electron chi connectivity index (χ2n) is 5.81. The summed E-state index contributed by atoms with van der Waals surface area (Å²) in [5.41, 5.74) is 2.94. The number of rotatable bonds is 7. The lowest BCUT2D eigenvalue weighted by atomic mass is 9.77. The minimum atomic E-state index is -0.541. The van der Waals surface area contributed by atoms with Crippen molar-refractivity contribution in [2.24, 2.45) is 0 Å². The Morgan fingerprint density at radius 3 is 2.24 bits per heavy atom. The average molecular weight is 284 g/mol. The Kier molecular flexibility index (Phi) is 5.54. The van der Waals surface area contributed by atoms with Gasteiger partial charge in [-0.25, -0.2) is 0 Å². The highest BCUT2D eigenvalue weighted by molar-refractivity contribution is 5.30. The van der Waals surface area contributed by atoms with Crippen LogP contribution in [-0.4, -0.2) is 23.4 Å². The summed E-state index contributed by atoms with van der Waals surface area (Å²) in [5, 5.41) is 19.7. The first-order valence-electron chi connectivity index (χ1n) is 7.53. The van der Waals surface area contributed by atoms with Gasteiger partial charge in [0.05, 0.1) is 13.2 Å². The van der Waals surface area contributed by atoms with Crippen LogP contribution >= 0.6 is 0 Å². The largest absolute Gasteiger partial charge is 0.395 e. The Labute approximate surface area is 127 Å². The van der Waals surface area contributed by atoms with Gasteiger partial charge in [0.15, 0.2) is 0 Å². The van der Waals surface area contributed by atoms with Crippen molar-refractivity contribution in [1.29, 1.82) is 0 Å². The lowest BCUT2D eigenvalue weighted by molar-refractivity contribution is 0.107. The van der Waals surface area contributed by atoms with Crippen LogP contribution in [0.3, 0.4) is 0 Å². The van der Waals surface area contributed by atoms with E-state index in [9.17, 15) is 10.2 Å². The van der Waals surface area contributed by atoms with E-state index in [1.807, 2.05) is 43.3 Å². The predicted octanol–water partition coefficient (Wildman–Crippen LogP) is 3.24. The van der Waals surface area contributed by atoms with Gasteiger partial charge in [-0.1, -0.05) is 60.2 Å². The third-order valence-electron chi connectivity index (χ3n) is 4.20. The second kappa shape index (κ2) is 7.39. The lowest BCUT2D eigenvalue weighted by Crippen LogP contribution is -2.35. The van der Waals surface area contributed by atoms with E-state index < -0.39 is 5.41 Å². The molecule has 0 radical (unpaired) electrons. The summed E-state index contributed by atoms with van der Waals surface area (Å²) in [7, 11) is 0. The Morgan fingerprint density at radius 2 is 1.62 bits per heavy atom. The number of hydrogen-bond donors (Lipinski definition) is 2. The van der Waals surface area contributed by atoms with E-state index in [-0.39, 0.29) is 13.2 Å². The van der Waals surface area contributed by atoms with Gasteiger partial charge in [0, 0.05) is 5.41 Å². The third kappa shape index (κ3) is 3.93. The minimum absolute atomic E-state index is 0.0260. The molecule has 2 nitrogen and oxygen atoms in total. The van der Waals surface area contributed by atoms with Crippen LogP contribution in [0.5, 0.6) is 0 Å². The molecule has 0 aromatic heterocycles. The summed E-state index contributed by atoms with van der Waals surface area (Å²) in [4.78, 5) is 0. The molecule has 2 rings (SSSR count). The van der Waals surface area contributed by atoms with E-state index >= 15 is 0 Å². The van der Waals surface area contributed by atoms with E-state index in [4.69, 9.17) is 0 Å². The van der Waals surface area contributed by atoms with Crippen LogP contribution in [0.1, 0.15) is 29.5 Å². The number of aliphatic hydroxyl groups is 2. The van der Waals surface area contributed by atoms with Crippen molar-refractivity contribution in [3.63, 3.8) is 0 Å². The van der Waals surface area contributed by atoms with Crippen LogP contribution in [0.2, 0.25) is 0 Å². The Bertz CT molecular complexity index is 545. The van der Waals surface area contributed by atoms with E-state index in [0.29, 0.717) is 0 Å². The summed E-state index contributed by atoms with van der Waals surface area (Å²) in [6, 6.07) is 18.4. The fraction of sp³-hybridized carbons (Fsp3) is 0.368. The third-order valence-corrected chi connectivity index (χ3v) is 4.20. The van der Waals surface area contributed by atoms with Crippen molar-refractivity contribution in [3.05, 3.63) is 71.3 Å². The molecule has 2 aromatic rings. The van der Waals surface area contributed by atoms with Gasteiger partial charge in [-0.3, -0.25) is 0 Å². The highest BCUT2D eigenvalue weighted by Crippen LogP contribution is 2.30. The first-order chi connectivity index (χ1) is 10.2. The molecule has 2 heteroatoms. The van der Waals surface area contributed by atoms with Crippen LogP contribution in [0, 0.1) is 6.92 Å². The molecule has 0 aliphatic carbocycles. The smallest absolute Gasteiger partial charge is 0.0550 e. The molecule has 21 heavy (non-hydrogen) atoms. The summed E-state index contributed by atoms with van der Waals surface area (Å²) < 4.78 is 0. The molecule has 0 fully saturated rings. The monoisotopic (exact) mass is 284 g/mol. The molecule has 0 unspecified atom stereocenters. The molecule has 2 aromatic carbocycles. The molecule has 0 bridgehead atoms. The first kappa shape index (κ1) is 15.7. The zero-order valence-corrected chi connectivity index (χ0v) is 12.6. The Balaban J connectivity index is 2.08. The van der Waals surface area contributed by atoms with Crippen LogP contribution < -0.4 is 0 Å². The van der Waals surface area contributed by atoms with Crippen molar-refractivity contribution in [2.75, 3.05) is 13.2 Å². The molecule has 0 spiro atoms. The van der Waals surface area contributed by atoms with E-state index in [1.54, 1.807) is 0 Å². The van der Waals surface area contributed by atoms with E-state index in [1.165, 1.54) is 5.56 Å². The van der Waals surface area contributed by atoms with Gasteiger partial charge in [0.1, 0.15) is 0 Å². The van der Waals surface area contributed by atoms with Crippen molar-refractivity contribution in [3.8, 4) is 0 Å². The van der Waals surface area contributed by atoms with Gasteiger partial charge < -0.3 is 10.2 Å². The zero-order valence-electron chi connectivity index (χ0n) is 12.6. The highest BCUT2D eigenvalue weighted by Gasteiger charge is 2.30. The predicted molar refractivity (Wildman–Crippen MR) is 86.4 cm³/mol. The van der Waals surface area contributed by atoms with Crippen LogP contribution in [-0.2, 0) is 11.8 Å². The maximum absolute atomic E-state index is 9.86. The second-order valence-corrected chi connectivity index (χ2v) is 5.81. The fourth-order valence-corrected chi connectivity index (χ4v) is 2.79. The molecule has 112 valence electrons. The van der Waals surface area contributed by atoms with Gasteiger partial charge in [0.25, 0.3) is 0 Å². The van der Waals surface area contributed by atoms with Gasteiger partial charge >= 0.3 is 0 Å². The van der Waals surface area contributed by atoms with Crippen molar-refractivity contribution >= 4 is 0 Å². The molecule has 0 saturated carbocycles. The van der Waals surface area contributed by atoms with E-state index in [0.717, 1.165) is 30.4 Å². The Hall–Kier alpha value is -1.64. The summed E-state index contributed by atoms with van der Waals surface area (Å²) >= 11 is 0. The van der Waals surface area contributed by atoms with Crippen molar-refractivity contribution in [2.45, 2.75) is 31.6 Å². The maximum Gasteiger partial charge on any atom is 0.0550 e. The summed E-state index contributed by atoms with van der Waals surface area (Å²) in [5.74, 6) is 0. The highest BCUT2D eigenvalue weighted by atomic mass is 16.3. The molecule has 0 aliphatic rings. The van der Waals surface area contributed by atoms with Gasteiger partial charge in [-0.2, -0.15) is 0 Å². The zero-order chi connectivity index (χ0) is 15.1. The number of aliphatic hydroxyl groups excluding tert-OH is 2. The lowest BCUT2D eigenvalue weighted by Gasteiger charge is -2.31. The standard InChI is InChI=1S/C19H24O2/c1-16-7-5-11-18(13-16)19(14-20,15-21)12-6-10-17-8-3-2-4-9-17/h2-5,7-9,11,13,20-21H,6,10,12,14-15H2,1H3. The molecule has 2 N–H and O–H groups in total. The van der Waals surface area contributed by atoms with Gasteiger partial charge in [-0.15, -0.1) is 0 Å². The molecule has 0 saturated heterocycles. The van der Waals surface area contributed by atoms with Crippen LogP contribution in [0.4, 0.5) is 0 Å². The SMILES string of the molecule is Cc1cccc(C(CO)(CO)CCCc2ccccc2)c1. The van der Waals surface area contributed by atoms with Crippen molar-refractivity contribution < 1.29 is 10.2 Å². The van der Waals surface area contributed by atoms with Crippen molar-refractivity contribution in [1.82, 2.24) is 0 Å². The fourth-order valence-electron chi connectivity index (χ4n) is 2.79. The molecular weight excluding hydrogens is 260 g/mol. The quantitative estimate of drug-likeness (QED) is 0.819. The first-order valence-corrected chi connectivity index (χ1v) is 7.53. The molecule has 0 atom stereocenters. The molecular formula is C19H24O2. The molecule has 0 aliphatic heterocycles. The van der Waals surface area contributed by atoms with E-state index in [2.05, 4.69) is 18.2 Å². The number of benzene rings is 2.